The first-order valence-corrected chi connectivity index (χ1v) is 10.4. The van der Waals surface area contributed by atoms with Gasteiger partial charge in [-0.3, -0.25) is 4.90 Å². The number of halogens is 3. The van der Waals surface area contributed by atoms with Crippen molar-refractivity contribution in [2.75, 3.05) is 11.9 Å². The van der Waals surface area contributed by atoms with Gasteiger partial charge in [-0.15, -0.1) is 0 Å². The molecule has 2 aromatic rings. The molecule has 2 unspecified atom stereocenters. The van der Waals surface area contributed by atoms with Crippen LogP contribution in [0.1, 0.15) is 24.5 Å². The standard InChI is InChI=1S/C19H22F3N3O2S/c1-13-9-16(12-25(13)11-14-5-3-2-4-6-14)24-15-7-8-18(28(23,26)27)17(10-15)19(20,21)22/h2-8,10,13,16,24H,9,11-12H2,1H3,(H2,23,26,27). The molecule has 2 aromatic carbocycles. The molecule has 0 bridgehead atoms. The second-order valence-corrected chi connectivity index (χ2v) is 8.62. The highest BCUT2D eigenvalue weighted by Gasteiger charge is 2.37. The Morgan fingerprint density at radius 2 is 1.86 bits per heavy atom. The first-order valence-electron chi connectivity index (χ1n) is 8.82. The number of nitrogens with two attached hydrogens (primary N) is 1. The molecule has 28 heavy (non-hydrogen) atoms. The lowest BCUT2D eigenvalue weighted by Gasteiger charge is -2.21. The summed E-state index contributed by atoms with van der Waals surface area (Å²) in [7, 11) is -4.47. The molecule has 0 aliphatic carbocycles. The molecule has 1 aliphatic rings. The van der Waals surface area contributed by atoms with Crippen molar-refractivity contribution >= 4 is 15.7 Å². The number of hydrogen-bond donors (Lipinski definition) is 2. The van der Waals surface area contributed by atoms with E-state index >= 15 is 0 Å². The van der Waals surface area contributed by atoms with Crippen LogP contribution in [0.4, 0.5) is 18.9 Å². The molecule has 5 nitrogen and oxygen atoms in total. The van der Waals surface area contributed by atoms with Gasteiger partial charge in [0.15, 0.2) is 0 Å². The molecule has 0 saturated carbocycles. The second kappa shape index (κ2) is 7.73. The van der Waals surface area contributed by atoms with Gasteiger partial charge in [-0.05, 0) is 37.1 Å². The van der Waals surface area contributed by atoms with Crippen LogP contribution in [-0.2, 0) is 22.7 Å². The zero-order chi connectivity index (χ0) is 20.5. The number of anilines is 1. The number of likely N-dealkylation sites (tertiary alicyclic amines) is 1. The molecule has 0 amide bonds. The van der Waals surface area contributed by atoms with Crippen molar-refractivity contribution in [2.24, 2.45) is 5.14 Å². The van der Waals surface area contributed by atoms with Gasteiger partial charge in [0.25, 0.3) is 0 Å². The van der Waals surface area contributed by atoms with Crippen LogP contribution in [0.3, 0.4) is 0 Å². The fourth-order valence-electron chi connectivity index (χ4n) is 3.57. The minimum absolute atomic E-state index is 0.0415. The maximum atomic E-state index is 13.3. The number of hydrogen-bond acceptors (Lipinski definition) is 4. The van der Waals surface area contributed by atoms with Crippen LogP contribution < -0.4 is 10.5 Å². The molecule has 1 aliphatic heterocycles. The molecule has 3 N–H and O–H groups in total. The van der Waals surface area contributed by atoms with E-state index in [0.29, 0.717) is 6.54 Å². The maximum Gasteiger partial charge on any atom is 0.417 e. The third kappa shape index (κ3) is 4.84. The molecule has 3 rings (SSSR count). The summed E-state index contributed by atoms with van der Waals surface area (Å²) in [5.41, 5.74) is 0.137. The van der Waals surface area contributed by atoms with Crippen molar-refractivity contribution in [3.05, 3.63) is 59.7 Å². The van der Waals surface area contributed by atoms with Crippen LogP contribution in [0.15, 0.2) is 53.4 Å². The predicted octanol–water partition coefficient (Wildman–Crippen LogP) is 3.43. The number of alkyl halides is 3. The summed E-state index contributed by atoms with van der Waals surface area (Å²) in [6.45, 7) is 3.52. The minimum Gasteiger partial charge on any atom is -0.381 e. The highest BCUT2D eigenvalue weighted by molar-refractivity contribution is 7.89. The Morgan fingerprint density at radius 3 is 2.46 bits per heavy atom. The van der Waals surface area contributed by atoms with E-state index < -0.39 is 26.7 Å². The van der Waals surface area contributed by atoms with Crippen LogP contribution in [0.2, 0.25) is 0 Å². The number of rotatable bonds is 5. The van der Waals surface area contributed by atoms with Gasteiger partial charge in [-0.25, -0.2) is 13.6 Å². The van der Waals surface area contributed by atoms with Gasteiger partial charge in [0.05, 0.1) is 10.5 Å². The minimum atomic E-state index is -4.82. The van der Waals surface area contributed by atoms with Crippen LogP contribution in [0.5, 0.6) is 0 Å². The van der Waals surface area contributed by atoms with Crippen LogP contribution in [0.25, 0.3) is 0 Å². The van der Waals surface area contributed by atoms with E-state index in [1.807, 2.05) is 30.3 Å². The van der Waals surface area contributed by atoms with E-state index in [1.165, 1.54) is 11.6 Å². The Balaban J connectivity index is 1.75. The second-order valence-electron chi connectivity index (χ2n) is 7.09. The first-order chi connectivity index (χ1) is 13.0. The smallest absolute Gasteiger partial charge is 0.381 e. The fraction of sp³-hybridized carbons (Fsp3) is 0.368. The molecule has 2 atom stereocenters. The summed E-state index contributed by atoms with van der Waals surface area (Å²) in [5, 5.41) is 8.02. The Hall–Kier alpha value is -2.10. The van der Waals surface area contributed by atoms with Crippen LogP contribution >= 0.6 is 0 Å². The molecule has 1 fully saturated rings. The third-order valence-electron chi connectivity index (χ3n) is 4.89. The number of primary sulfonamides is 1. The van der Waals surface area contributed by atoms with Crippen molar-refractivity contribution < 1.29 is 21.6 Å². The first kappa shape index (κ1) is 20.6. The molecular formula is C19H22F3N3O2S. The molecular weight excluding hydrogens is 391 g/mol. The number of nitrogens with one attached hydrogen (secondary N) is 1. The third-order valence-corrected chi connectivity index (χ3v) is 5.86. The summed E-state index contributed by atoms with van der Waals surface area (Å²) >= 11 is 0. The van der Waals surface area contributed by atoms with E-state index in [9.17, 15) is 21.6 Å². The van der Waals surface area contributed by atoms with E-state index in [2.05, 4.69) is 17.1 Å². The van der Waals surface area contributed by atoms with Gasteiger partial charge in [0.1, 0.15) is 0 Å². The molecule has 0 spiro atoms. The van der Waals surface area contributed by atoms with Gasteiger partial charge in [0.2, 0.25) is 10.0 Å². The molecule has 152 valence electrons. The van der Waals surface area contributed by atoms with Gasteiger partial charge in [-0.1, -0.05) is 30.3 Å². The predicted molar refractivity (Wildman–Crippen MR) is 101 cm³/mol. The van der Waals surface area contributed by atoms with Gasteiger partial charge >= 0.3 is 6.18 Å². The monoisotopic (exact) mass is 413 g/mol. The van der Waals surface area contributed by atoms with E-state index in [1.54, 1.807) is 0 Å². The van der Waals surface area contributed by atoms with Crippen molar-refractivity contribution in [2.45, 2.75) is 43.0 Å². The Morgan fingerprint density at radius 1 is 1.18 bits per heavy atom. The topological polar surface area (TPSA) is 75.4 Å². The fourth-order valence-corrected chi connectivity index (χ4v) is 4.31. The van der Waals surface area contributed by atoms with Crippen molar-refractivity contribution in [1.82, 2.24) is 4.90 Å². The average Bonchev–Trinajstić information content (AvgIpc) is 2.93. The van der Waals surface area contributed by atoms with Crippen molar-refractivity contribution in [3.63, 3.8) is 0 Å². The molecule has 0 aromatic heterocycles. The summed E-state index contributed by atoms with van der Waals surface area (Å²) in [5.74, 6) is 0. The van der Waals surface area contributed by atoms with Crippen LogP contribution in [-0.4, -0.2) is 31.9 Å². The van der Waals surface area contributed by atoms with Gasteiger partial charge in [-0.2, -0.15) is 13.2 Å². The van der Waals surface area contributed by atoms with Crippen LogP contribution in [0, 0.1) is 0 Å². The molecule has 1 heterocycles. The Labute approximate surface area is 162 Å². The zero-order valence-corrected chi connectivity index (χ0v) is 16.1. The largest absolute Gasteiger partial charge is 0.417 e. The van der Waals surface area contributed by atoms with E-state index in [0.717, 1.165) is 25.1 Å². The molecule has 1 saturated heterocycles. The summed E-state index contributed by atoms with van der Waals surface area (Å²) in [6, 6.07) is 13.2. The normalized spacial score (nSPS) is 21.0. The summed E-state index contributed by atoms with van der Waals surface area (Å²) in [6.07, 6.45) is -4.05. The number of sulfonamides is 1. The Bertz CT molecular complexity index is 933. The average molecular weight is 413 g/mol. The SMILES string of the molecule is CC1CC(Nc2ccc(S(N)(=O)=O)c(C(F)(F)F)c2)CN1Cc1ccccc1. The lowest BCUT2D eigenvalue weighted by molar-refractivity contribution is -0.139. The van der Waals surface area contributed by atoms with E-state index in [4.69, 9.17) is 5.14 Å². The zero-order valence-electron chi connectivity index (χ0n) is 15.3. The van der Waals surface area contributed by atoms with Gasteiger partial charge in [0, 0.05) is 30.9 Å². The van der Waals surface area contributed by atoms with Crippen molar-refractivity contribution in [1.29, 1.82) is 0 Å². The van der Waals surface area contributed by atoms with E-state index in [-0.39, 0.29) is 17.8 Å². The quantitative estimate of drug-likeness (QED) is 0.788. The maximum absolute atomic E-state index is 13.3. The summed E-state index contributed by atoms with van der Waals surface area (Å²) < 4.78 is 62.8. The highest BCUT2D eigenvalue weighted by Crippen LogP contribution is 2.36. The number of nitrogens with zero attached hydrogens (tertiary/aromatic N) is 1. The lowest BCUT2D eigenvalue weighted by Crippen LogP contribution is -2.28. The van der Waals surface area contributed by atoms with Gasteiger partial charge < -0.3 is 5.32 Å². The lowest BCUT2D eigenvalue weighted by atomic mass is 10.1. The molecule has 0 radical (unpaired) electrons. The Kier molecular flexibility index (Phi) is 5.69. The molecule has 9 heteroatoms. The highest BCUT2D eigenvalue weighted by atomic mass is 32.2. The summed E-state index contributed by atoms with van der Waals surface area (Å²) in [4.78, 5) is 1.34. The number of benzene rings is 2. The van der Waals surface area contributed by atoms with Crippen molar-refractivity contribution in [3.8, 4) is 0 Å².